The van der Waals surface area contributed by atoms with E-state index < -0.39 is 28.5 Å². The van der Waals surface area contributed by atoms with Crippen molar-refractivity contribution >= 4 is 55.1 Å². The summed E-state index contributed by atoms with van der Waals surface area (Å²) in [5, 5.41) is 3.17. The van der Waals surface area contributed by atoms with Gasteiger partial charge in [-0.15, -0.1) is 0 Å². The lowest BCUT2D eigenvalue weighted by molar-refractivity contribution is -0.139. The van der Waals surface area contributed by atoms with Gasteiger partial charge in [0.1, 0.15) is 12.6 Å². The molecule has 0 aromatic heterocycles. The molecule has 7 nitrogen and oxygen atoms in total. The quantitative estimate of drug-likeness (QED) is 0.305. The fourth-order valence-corrected chi connectivity index (χ4v) is 6.00. The molecular formula is C28H31BrClN3O4S. The van der Waals surface area contributed by atoms with E-state index in [4.69, 9.17) is 11.6 Å². The second kappa shape index (κ2) is 13.3. The van der Waals surface area contributed by atoms with Gasteiger partial charge in [-0.3, -0.25) is 13.9 Å². The Morgan fingerprint density at radius 3 is 2.39 bits per heavy atom. The SMILES string of the molecule is CCCNC(=O)[C@@H](C)N(Cc1cccc(Br)c1)C(=O)CN(c1cc(Cl)ccc1C)S(=O)(=O)c1ccccc1. The summed E-state index contributed by atoms with van der Waals surface area (Å²) in [6, 6.07) is 19.4. The Kier molecular flexibility index (Phi) is 10.4. The predicted octanol–water partition coefficient (Wildman–Crippen LogP) is 5.55. The molecule has 3 aromatic rings. The van der Waals surface area contributed by atoms with Gasteiger partial charge in [0.25, 0.3) is 10.0 Å². The Labute approximate surface area is 238 Å². The molecule has 0 unspecified atom stereocenters. The number of hydrogen-bond donors (Lipinski definition) is 1. The van der Waals surface area contributed by atoms with Crippen LogP contribution in [0, 0.1) is 6.92 Å². The van der Waals surface area contributed by atoms with Gasteiger partial charge in [-0.25, -0.2) is 8.42 Å². The lowest BCUT2D eigenvalue weighted by Crippen LogP contribution is -2.51. The van der Waals surface area contributed by atoms with Gasteiger partial charge in [-0.2, -0.15) is 0 Å². The van der Waals surface area contributed by atoms with Crippen molar-refractivity contribution in [2.45, 2.75) is 44.7 Å². The van der Waals surface area contributed by atoms with Crippen LogP contribution in [0.15, 0.2) is 82.2 Å². The minimum atomic E-state index is -4.14. The largest absolute Gasteiger partial charge is 0.354 e. The number of rotatable bonds is 11. The van der Waals surface area contributed by atoms with Crippen LogP contribution < -0.4 is 9.62 Å². The van der Waals surface area contributed by atoms with Crippen LogP contribution in [0.2, 0.25) is 5.02 Å². The predicted molar refractivity (Wildman–Crippen MR) is 155 cm³/mol. The number of benzene rings is 3. The highest BCUT2D eigenvalue weighted by molar-refractivity contribution is 9.10. The second-order valence-electron chi connectivity index (χ2n) is 8.87. The number of anilines is 1. The van der Waals surface area contributed by atoms with Crippen LogP contribution >= 0.6 is 27.5 Å². The Morgan fingerprint density at radius 2 is 1.74 bits per heavy atom. The highest BCUT2D eigenvalue weighted by atomic mass is 79.9. The molecule has 0 radical (unpaired) electrons. The zero-order valence-corrected chi connectivity index (χ0v) is 24.7. The number of aryl methyl sites for hydroxylation is 1. The third-order valence-corrected chi connectivity index (χ3v) is 8.51. The third kappa shape index (κ3) is 7.36. The molecule has 1 atom stereocenters. The maximum absolute atomic E-state index is 13.9. The first kappa shape index (κ1) is 29.7. The van der Waals surface area contributed by atoms with Gasteiger partial charge < -0.3 is 10.2 Å². The Hall–Kier alpha value is -2.88. The van der Waals surface area contributed by atoms with E-state index in [2.05, 4.69) is 21.2 Å². The van der Waals surface area contributed by atoms with Crippen molar-refractivity contribution < 1.29 is 18.0 Å². The molecular weight excluding hydrogens is 590 g/mol. The molecule has 0 aliphatic heterocycles. The maximum atomic E-state index is 13.9. The van der Waals surface area contributed by atoms with E-state index in [0.29, 0.717) is 22.8 Å². The van der Waals surface area contributed by atoms with E-state index in [1.165, 1.54) is 23.1 Å². The number of carbonyl (C=O) groups excluding carboxylic acids is 2. The minimum absolute atomic E-state index is 0.0412. The molecule has 0 saturated heterocycles. The molecule has 3 rings (SSSR count). The van der Waals surface area contributed by atoms with Crippen LogP contribution in [0.25, 0.3) is 0 Å². The molecule has 3 aromatic carbocycles. The second-order valence-corrected chi connectivity index (χ2v) is 12.1. The smallest absolute Gasteiger partial charge is 0.264 e. The summed E-state index contributed by atoms with van der Waals surface area (Å²) in [5.74, 6) is -0.838. The van der Waals surface area contributed by atoms with Crippen molar-refractivity contribution in [2.24, 2.45) is 0 Å². The number of hydrogen-bond acceptors (Lipinski definition) is 4. The Bertz CT molecular complexity index is 1390. The van der Waals surface area contributed by atoms with Gasteiger partial charge in [-0.1, -0.05) is 70.9 Å². The van der Waals surface area contributed by atoms with Crippen molar-refractivity contribution in [3.63, 3.8) is 0 Å². The lowest BCUT2D eigenvalue weighted by atomic mass is 10.1. The zero-order valence-electron chi connectivity index (χ0n) is 21.5. The molecule has 202 valence electrons. The summed E-state index contributed by atoms with van der Waals surface area (Å²) in [4.78, 5) is 28.3. The number of sulfonamides is 1. The molecule has 10 heteroatoms. The molecule has 0 heterocycles. The first-order valence-corrected chi connectivity index (χ1v) is 14.8. The molecule has 0 aliphatic carbocycles. The minimum Gasteiger partial charge on any atom is -0.354 e. The van der Waals surface area contributed by atoms with Gasteiger partial charge in [-0.05, 0) is 67.8 Å². The molecule has 0 aliphatic rings. The van der Waals surface area contributed by atoms with Gasteiger partial charge in [0.2, 0.25) is 11.8 Å². The normalized spacial score (nSPS) is 12.0. The number of nitrogens with one attached hydrogen (secondary N) is 1. The van der Waals surface area contributed by atoms with Crippen LogP contribution in [0.5, 0.6) is 0 Å². The number of amides is 2. The molecule has 0 saturated carbocycles. The zero-order chi connectivity index (χ0) is 27.9. The summed E-state index contributed by atoms with van der Waals surface area (Å²) < 4.78 is 29.6. The van der Waals surface area contributed by atoms with Crippen LogP contribution in [-0.4, -0.2) is 44.3 Å². The first-order valence-electron chi connectivity index (χ1n) is 12.2. The summed E-state index contributed by atoms with van der Waals surface area (Å²) >= 11 is 9.69. The average molecular weight is 621 g/mol. The van der Waals surface area contributed by atoms with Crippen molar-refractivity contribution in [1.29, 1.82) is 0 Å². The van der Waals surface area contributed by atoms with E-state index in [-0.39, 0.29) is 17.3 Å². The fourth-order valence-electron chi connectivity index (χ4n) is 3.89. The standard InChI is InChI=1S/C28H31BrClN3O4S/c1-4-15-31-28(35)21(3)32(18-22-9-8-10-23(29)16-22)27(34)19-33(26-17-24(30)14-13-20(26)2)38(36,37)25-11-6-5-7-12-25/h5-14,16-17,21H,4,15,18-19H2,1-3H3,(H,31,35)/t21-/m1/s1. The molecule has 0 fully saturated rings. The summed E-state index contributed by atoms with van der Waals surface area (Å²) in [5.41, 5.74) is 1.72. The third-order valence-electron chi connectivity index (χ3n) is 6.01. The highest BCUT2D eigenvalue weighted by Gasteiger charge is 2.33. The monoisotopic (exact) mass is 619 g/mol. The van der Waals surface area contributed by atoms with Crippen LogP contribution in [0.4, 0.5) is 5.69 Å². The van der Waals surface area contributed by atoms with Gasteiger partial charge in [0.15, 0.2) is 0 Å². The van der Waals surface area contributed by atoms with E-state index in [9.17, 15) is 18.0 Å². The van der Waals surface area contributed by atoms with Crippen molar-refractivity contribution in [3.05, 3.63) is 93.4 Å². The highest BCUT2D eigenvalue weighted by Crippen LogP contribution is 2.30. The van der Waals surface area contributed by atoms with Gasteiger partial charge in [0.05, 0.1) is 10.6 Å². The van der Waals surface area contributed by atoms with Crippen molar-refractivity contribution in [3.8, 4) is 0 Å². The lowest BCUT2D eigenvalue weighted by Gasteiger charge is -2.32. The summed E-state index contributed by atoms with van der Waals surface area (Å²) in [7, 11) is -4.14. The fraction of sp³-hybridized carbons (Fsp3) is 0.286. The number of nitrogens with zero attached hydrogens (tertiary/aromatic N) is 2. The van der Waals surface area contributed by atoms with Gasteiger partial charge >= 0.3 is 0 Å². The van der Waals surface area contributed by atoms with Crippen LogP contribution in [0.3, 0.4) is 0 Å². The van der Waals surface area contributed by atoms with E-state index in [1.54, 1.807) is 44.2 Å². The van der Waals surface area contributed by atoms with Gasteiger partial charge in [0, 0.05) is 22.6 Å². The molecule has 2 amide bonds. The molecule has 0 bridgehead atoms. The van der Waals surface area contributed by atoms with Crippen LogP contribution in [-0.2, 0) is 26.2 Å². The molecule has 38 heavy (non-hydrogen) atoms. The summed E-state index contributed by atoms with van der Waals surface area (Å²) in [6.45, 7) is 5.41. The first-order chi connectivity index (χ1) is 18.0. The molecule has 1 N–H and O–H groups in total. The van der Waals surface area contributed by atoms with Crippen molar-refractivity contribution in [2.75, 3.05) is 17.4 Å². The summed E-state index contributed by atoms with van der Waals surface area (Å²) in [6.07, 6.45) is 0.745. The number of halogens is 2. The maximum Gasteiger partial charge on any atom is 0.264 e. The van der Waals surface area contributed by atoms with E-state index in [0.717, 1.165) is 20.8 Å². The Morgan fingerprint density at radius 1 is 1.03 bits per heavy atom. The van der Waals surface area contributed by atoms with E-state index >= 15 is 0 Å². The topological polar surface area (TPSA) is 86.8 Å². The molecule has 0 spiro atoms. The number of carbonyl (C=O) groups is 2. The van der Waals surface area contributed by atoms with E-state index in [1.807, 2.05) is 31.2 Å². The average Bonchev–Trinajstić information content (AvgIpc) is 2.90. The van der Waals surface area contributed by atoms with Crippen molar-refractivity contribution in [1.82, 2.24) is 10.2 Å². The Balaban J connectivity index is 2.05. The van der Waals surface area contributed by atoms with Crippen LogP contribution in [0.1, 0.15) is 31.4 Å².